The molecule has 2 atom stereocenters. The topological polar surface area (TPSA) is 61.7 Å². The van der Waals surface area contributed by atoms with Crippen molar-refractivity contribution >= 4 is 0 Å². The summed E-state index contributed by atoms with van der Waals surface area (Å²) in [5, 5.41) is 23.5. The van der Waals surface area contributed by atoms with E-state index < -0.39 is 6.10 Å². The van der Waals surface area contributed by atoms with Crippen LogP contribution in [0.2, 0.25) is 0 Å². The van der Waals surface area contributed by atoms with Crippen molar-refractivity contribution in [2.24, 2.45) is 0 Å². The highest BCUT2D eigenvalue weighted by Gasteiger charge is 2.20. The average Bonchev–Trinajstić information content (AvgIpc) is 2.70. The highest BCUT2D eigenvalue weighted by Crippen LogP contribution is 2.29. The van der Waals surface area contributed by atoms with Crippen LogP contribution in [0.3, 0.4) is 0 Å². The van der Waals surface area contributed by atoms with Crippen molar-refractivity contribution in [3.05, 3.63) is 58.7 Å². The summed E-state index contributed by atoms with van der Waals surface area (Å²) in [5.74, 6) is 1.27. The number of phenols is 1. The molecule has 0 radical (unpaired) electrons. The minimum atomic E-state index is -0.532. The van der Waals surface area contributed by atoms with Gasteiger partial charge in [-0.25, -0.2) is 0 Å². The average molecular weight is 367 g/mol. The Bertz CT molecular complexity index is 789. The number of fused-ring (bicyclic) bond motifs is 2. The summed E-state index contributed by atoms with van der Waals surface area (Å²) in [6.45, 7) is 0.835. The number of phenolic OH excluding ortho intramolecular Hbond substituents is 1. The molecule has 4 heteroatoms. The van der Waals surface area contributed by atoms with Gasteiger partial charge in [0.05, 0.1) is 0 Å². The fourth-order valence-corrected chi connectivity index (χ4v) is 4.35. The normalized spacial score (nSPS) is 19.8. The SMILES string of the molecule is Oc1ccc2c(c1)CC(NCC(O)COc1cccc3c1CCCC3)CC2. The second-order valence-corrected chi connectivity index (χ2v) is 7.87. The van der Waals surface area contributed by atoms with Gasteiger partial charge < -0.3 is 20.3 Å². The van der Waals surface area contributed by atoms with Crippen molar-refractivity contribution in [3.63, 3.8) is 0 Å². The van der Waals surface area contributed by atoms with Crippen LogP contribution >= 0.6 is 0 Å². The van der Waals surface area contributed by atoms with E-state index in [1.165, 1.54) is 35.1 Å². The van der Waals surface area contributed by atoms with E-state index in [0.717, 1.165) is 37.9 Å². The molecule has 4 rings (SSSR count). The smallest absolute Gasteiger partial charge is 0.122 e. The predicted octanol–water partition coefficient (Wildman–Crippen LogP) is 3.16. The van der Waals surface area contributed by atoms with Crippen LogP contribution in [-0.4, -0.2) is 35.5 Å². The lowest BCUT2D eigenvalue weighted by atomic mass is 9.88. The minimum Gasteiger partial charge on any atom is -0.508 e. The molecule has 0 aliphatic heterocycles. The summed E-state index contributed by atoms with van der Waals surface area (Å²) < 4.78 is 5.96. The largest absolute Gasteiger partial charge is 0.508 e. The van der Waals surface area contributed by atoms with Crippen molar-refractivity contribution in [2.45, 2.75) is 57.1 Å². The zero-order valence-electron chi connectivity index (χ0n) is 15.8. The first kappa shape index (κ1) is 18.3. The van der Waals surface area contributed by atoms with E-state index >= 15 is 0 Å². The molecule has 3 N–H and O–H groups in total. The van der Waals surface area contributed by atoms with E-state index in [0.29, 0.717) is 24.9 Å². The third-order valence-corrected chi connectivity index (χ3v) is 5.84. The maximum Gasteiger partial charge on any atom is 0.122 e. The molecule has 0 saturated heterocycles. The number of aliphatic hydroxyl groups excluding tert-OH is 1. The molecule has 4 nitrogen and oxygen atoms in total. The lowest BCUT2D eigenvalue weighted by Crippen LogP contribution is -2.40. The molecule has 144 valence electrons. The van der Waals surface area contributed by atoms with Crippen molar-refractivity contribution < 1.29 is 14.9 Å². The molecular weight excluding hydrogens is 338 g/mol. The lowest BCUT2D eigenvalue weighted by Gasteiger charge is -2.27. The monoisotopic (exact) mass is 367 g/mol. The van der Waals surface area contributed by atoms with Gasteiger partial charge in [-0.05, 0) is 85.4 Å². The standard InChI is InChI=1S/C23H29NO3/c25-20-11-9-16-8-10-19(12-18(16)13-20)24-14-21(26)15-27-23-7-3-5-17-4-1-2-6-22(17)23/h3,5,7,9,11,13,19,21,24-26H,1-2,4,6,8,10,12,14-15H2. The van der Waals surface area contributed by atoms with E-state index in [1.807, 2.05) is 18.2 Å². The Labute approximate surface area is 161 Å². The maximum absolute atomic E-state index is 10.4. The Hall–Kier alpha value is -2.04. The third kappa shape index (κ3) is 4.45. The Morgan fingerprint density at radius 3 is 2.85 bits per heavy atom. The number of aliphatic hydroxyl groups is 1. The molecule has 0 aromatic heterocycles. The molecular formula is C23H29NO3. The van der Waals surface area contributed by atoms with Crippen LogP contribution in [0.25, 0.3) is 0 Å². The highest BCUT2D eigenvalue weighted by molar-refractivity contribution is 5.41. The molecule has 27 heavy (non-hydrogen) atoms. The Morgan fingerprint density at radius 1 is 1.04 bits per heavy atom. The molecule has 2 unspecified atom stereocenters. The van der Waals surface area contributed by atoms with Crippen molar-refractivity contribution in [1.82, 2.24) is 5.32 Å². The molecule has 0 bridgehead atoms. The molecule has 2 aliphatic rings. The predicted molar refractivity (Wildman–Crippen MR) is 107 cm³/mol. The van der Waals surface area contributed by atoms with Gasteiger partial charge in [-0.2, -0.15) is 0 Å². The second-order valence-electron chi connectivity index (χ2n) is 7.87. The quantitative estimate of drug-likeness (QED) is 0.734. The van der Waals surface area contributed by atoms with Crippen LogP contribution in [-0.2, 0) is 25.7 Å². The van der Waals surface area contributed by atoms with Gasteiger partial charge in [0, 0.05) is 12.6 Å². The molecule has 2 aromatic rings. The first-order valence-electron chi connectivity index (χ1n) is 10.1. The number of hydrogen-bond donors (Lipinski definition) is 3. The molecule has 0 spiro atoms. The number of rotatable bonds is 6. The van der Waals surface area contributed by atoms with Crippen LogP contribution in [0.15, 0.2) is 36.4 Å². The molecule has 0 amide bonds. The van der Waals surface area contributed by atoms with Gasteiger partial charge in [0.25, 0.3) is 0 Å². The Kier molecular flexibility index (Phi) is 5.65. The molecule has 2 aliphatic carbocycles. The first-order chi connectivity index (χ1) is 13.2. The number of nitrogens with one attached hydrogen (secondary N) is 1. The number of hydrogen-bond acceptors (Lipinski definition) is 4. The van der Waals surface area contributed by atoms with Gasteiger partial charge in [-0.15, -0.1) is 0 Å². The third-order valence-electron chi connectivity index (χ3n) is 5.84. The molecule has 0 saturated carbocycles. The van der Waals surface area contributed by atoms with E-state index in [2.05, 4.69) is 17.4 Å². The van der Waals surface area contributed by atoms with Crippen LogP contribution in [0.4, 0.5) is 0 Å². The second kappa shape index (κ2) is 8.32. The summed E-state index contributed by atoms with van der Waals surface area (Å²) in [6.07, 6.45) is 7.11. The summed E-state index contributed by atoms with van der Waals surface area (Å²) in [4.78, 5) is 0. The Morgan fingerprint density at radius 2 is 1.93 bits per heavy atom. The van der Waals surface area contributed by atoms with Gasteiger partial charge in [-0.3, -0.25) is 0 Å². The van der Waals surface area contributed by atoms with Crippen LogP contribution in [0.5, 0.6) is 11.5 Å². The van der Waals surface area contributed by atoms with E-state index in [1.54, 1.807) is 6.07 Å². The van der Waals surface area contributed by atoms with E-state index in [-0.39, 0.29) is 0 Å². The van der Waals surface area contributed by atoms with E-state index in [9.17, 15) is 10.2 Å². The zero-order valence-corrected chi connectivity index (χ0v) is 15.8. The fraction of sp³-hybridized carbons (Fsp3) is 0.478. The Balaban J connectivity index is 1.27. The lowest BCUT2D eigenvalue weighted by molar-refractivity contribution is 0.102. The number of benzene rings is 2. The number of aromatic hydroxyl groups is 1. The summed E-state index contributed by atoms with van der Waals surface area (Å²) >= 11 is 0. The molecule has 0 fully saturated rings. The summed E-state index contributed by atoms with van der Waals surface area (Å²) in [7, 11) is 0. The van der Waals surface area contributed by atoms with E-state index in [4.69, 9.17) is 4.74 Å². The van der Waals surface area contributed by atoms with Gasteiger partial charge in [0.2, 0.25) is 0 Å². The molecule has 0 heterocycles. The van der Waals surface area contributed by atoms with Gasteiger partial charge in [-0.1, -0.05) is 18.2 Å². The fourth-order valence-electron chi connectivity index (χ4n) is 4.35. The van der Waals surface area contributed by atoms with Crippen LogP contribution in [0.1, 0.15) is 41.5 Å². The molecule has 2 aromatic carbocycles. The van der Waals surface area contributed by atoms with Crippen molar-refractivity contribution in [1.29, 1.82) is 0 Å². The van der Waals surface area contributed by atoms with Gasteiger partial charge in [0.15, 0.2) is 0 Å². The first-order valence-corrected chi connectivity index (χ1v) is 10.1. The van der Waals surface area contributed by atoms with Gasteiger partial charge in [0.1, 0.15) is 24.2 Å². The minimum absolute atomic E-state index is 0.313. The number of ether oxygens (including phenoxy) is 1. The highest BCUT2D eigenvalue weighted by atomic mass is 16.5. The zero-order chi connectivity index (χ0) is 18.6. The van der Waals surface area contributed by atoms with Gasteiger partial charge >= 0.3 is 0 Å². The summed E-state index contributed by atoms with van der Waals surface area (Å²) in [6, 6.07) is 12.2. The van der Waals surface area contributed by atoms with Crippen LogP contribution < -0.4 is 10.1 Å². The summed E-state index contributed by atoms with van der Waals surface area (Å²) in [5.41, 5.74) is 5.26. The van der Waals surface area contributed by atoms with Crippen LogP contribution in [0, 0.1) is 0 Å². The van der Waals surface area contributed by atoms with Crippen molar-refractivity contribution in [3.8, 4) is 11.5 Å². The maximum atomic E-state index is 10.4. The number of aryl methyl sites for hydroxylation is 2. The van der Waals surface area contributed by atoms with Crippen molar-refractivity contribution in [2.75, 3.05) is 13.2 Å².